The molecule has 2 aliphatic rings. The van der Waals surface area contributed by atoms with Gasteiger partial charge >= 0.3 is 0 Å². The van der Waals surface area contributed by atoms with Crippen molar-refractivity contribution in [1.29, 1.82) is 0 Å². The molecule has 1 saturated carbocycles. The second kappa shape index (κ2) is 5.04. The van der Waals surface area contributed by atoms with Crippen molar-refractivity contribution in [3.8, 4) is 0 Å². The second-order valence-electron chi connectivity index (χ2n) is 5.98. The summed E-state index contributed by atoms with van der Waals surface area (Å²) in [6.45, 7) is 0.863. The molecule has 0 radical (unpaired) electrons. The monoisotopic (exact) mass is 303 g/mol. The number of nitrogens with one attached hydrogen (secondary N) is 3. The van der Waals surface area contributed by atoms with E-state index in [2.05, 4.69) is 15.6 Å². The van der Waals surface area contributed by atoms with Crippen LogP contribution in [0.15, 0.2) is 18.2 Å². The zero-order valence-corrected chi connectivity index (χ0v) is 12.5. The minimum atomic E-state index is -0.118. The average molecular weight is 304 g/mol. The van der Waals surface area contributed by atoms with Crippen LogP contribution in [0.1, 0.15) is 36.7 Å². The Labute approximate surface area is 128 Å². The largest absolute Gasteiger partial charge is 0.355 e. The predicted molar refractivity (Wildman–Crippen MR) is 83.2 cm³/mol. The van der Waals surface area contributed by atoms with E-state index in [1.165, 1.54) is 17.4 Å². The molecule has 1 atom stereocenters. The number of aromatic amines is 1. The van der Waals surface area contributed by atoms with E-state index in [0.29, 0.717) is 0 Å². The molecule has 110 valence electrons. The lowest BCUT2D eigenvalue weighted by Gasteiger charge is -2.30. The number of amides is 1. The van der Waals surface area contributed by atoms with Gasteiger partial charge in [0.05, 0.1) is 5.69 Å². The lowest BCUT2D eigenvalue weighted by atomic mass is 9.84. The van der Waals surface area contributed by atoms with E-state index in [4.69, 9.17) is 11.6 Å². The van der Waals surface area contributed by atoms with Gasteiger partial charge < -0.3 is 10.3 Å². The van der Waals surface area contributed by atoms with Crippen LogP contribution in [0, 0.1) is 5.92 Å². The Morgan fingerprint density at radius 3 is 2.95 bits per heavy atom. The molecule has 0 saturated heterocycles. The standard InChI is InChI=1S/C16H18ClN3O/c17-10-4-5-13-12(8-10)11-6-7-18-15(14(11)19-13)20-16(21)9-2-1-3-9/h4-5,8-9,15,18-19H,1-3,6-7H2,(H,20,21). The van der Waals surface area contributed by atoms with Crippen molar-refractivity contribution in [2.24, 2.45) is 5.92 Å². The third kappa shape index (κ3) is 2.23. The third-order valence-corrected chi connectivity index (χ3v) is 4.91. The van der Waals surface area contributed by atoms with E-state index in [1.54, 1.807) is 0 Å². The Hall–Kier alpha value is -1.52. The fourth-order valence-corrected chi connectivity index (χ4v) is 3.43. The zero-order chi connectivity index (χ0) is 14.4. The number of H-pyrrole nitrogens is 1. The first-order valence-corrected chi connectivity index (χ1v) is 7.94. The molecule has 3 N–H and O–H groups in total. The van der Waals surface area contributed by atoms with Gasteiger partial charge in [-0.3, -0.25) is 10.1 Å². The fourth-order valence-electron chi connectivity index (χ4n) is 3.25. The van der Waals surface area contributed by atoms with Gasteiger partial charge in [0.25, 0.3) is 0 Å². The van der Waals surface area contributed by atoms with Gasteiger partial charge in [-0.25, -0.2) is 0 Å². The van der Waals surface area contributed by atoms with Gasteiger partial charge in [-0.15, -0.1) is 0 Å². The Morgan fingerprint density at radius 2 is 2.19 bits per heavy atom. The summed E-state index contributed by atoms with van der Waals surface area (Å²) in [7, 11) is 0. The van der Waals surface area contributed by atoms with Gasteiger partial charge in [-0.2, -0.15) is 0 Å². The molecule has 1 fully saturated rings. The molecule has 2 heterocycles. The molecule has 4 nitrogen and oxygen atoms in total. The number of halogens is 1. The van der Waals surface area contributed by atoms with E-state index in [0.717, 1.165) is 42.0 Å². The van der Waals surface area contributed by atoms with E-state index in [1.807, 2.05) is 18.2 Å². The van der Waals surface area contributed by atoms with Gasteiger partial charge in [0, 0.05) is 28.4 Å². The highest BCUT2D eigenvalue weighted by molar-refractivity contribution is 6.31. The van der Waals surface area contributed by atoms with Gasteiger partial charge in [-0.05, 0) is 43.0 Å². The number of hydrogen-bond donors (Lipinski definition) is 3. The number of carbonyl (C=O) groups excluding carboxylic acids is 1. The van der Waals surface area contributed by atoms with Gasteiger partial charge in [0.1, 0.15) is 6.17 Å². The molecule has 2 aromatic rings. The number of benzene rings is 1. The van der Waals surface area contributed by atoms with Crippen molar-refractivity contribution in [2.75, 3.05) is 6.54 Å². The molecule has 0 bridgehead atoms. The van der Waals surface area contributed by atoms with Crippen molar-refractivity contribution in [3.05, 3.63) is 34.5 Å². The summed E-state index contributed by atoms with van der Waals surface area (Å²) in [5, 5.41) is 8.44. The highest BCUT2D eigenvalue weighted by atomic mass is 35.5. The third-order valence-electron chi connectivity index (χ3n) is 4.68. The van der Waals surface area contributed by atoms with Crippen molar-refractivity contribution < 1.29 is 4.79 Å². The quantitative estimate of drug-likeness (QED) is 0.799. The summed E-state index contributed by atoms with van der Waals surface area (Å²) in [6, 6.07) is 5.89. The van der Waals surface area contributed by atoms with Crippen molar-refractivity contribution in [2.45, 2.75) is 31.8 Å². The van der Waals surface area contributed by atoms with Crippen LogP contribution in [-0.4, -0.2) is 17.4 Å². The number of aromatic nitrogens is 1. The molecule has 5 heteroatoms. The maximum absolute atomic E-state index is 12.2. The van der Waals surface area contributed by atoms with Crippen LogP contribution in [0.4, 0.5) is 0 Å². The predicted octanol–water partition coefficient (Wildman–Crippen LogP) is 2.88. The molecule has 4 rings (SSSR count). The highest BCUT2D eigenvalue weighted by Gasteiger charge is 2.30. The van der Waals surface area contributed by atoms with Crippen LogP contribution in [0.3, 0.4) is 0 Å². The van der Waals surface area contributed by atoms with Crippen LogP contribution < -0.4 is 10.6 Å². The highest BCUT2D eigenvalue weighted by Crippen LogP contribution is 2.32. The van der Waals surface area contributed by atoms with E-state index in [-0.39, 0.29) is 18.0 Å². The summed E-state index contributed by atoms with van der Waals surface area (Å²) >= 11 is 6.11. The van der Waals surface area contributed by atoms with Crippen molar-refractivity contribution >= 4 is 28.4 Å². The van der Waals surface area contributed by atoms with E-state index < -0.39 is 0 Å². The number of hydrogen-bond acceptors (Lipinski definition) is 2. The molecule has 1 aliphatic heterocycles. The fraction of sp³-hybridized carbons (Fsp3) is 0.438. The molecule has 1 aromatic heterocycles. The maximum Gasteiger partial charge on any atom is 0.224 e. The maximum atomic E-state index is 12.2. The van der Waals surface area contributed by atoms with Crippen LogP contribution in [0.2, 0.25) is 5.02 Å². The molecular weight excluding hydrogens is 286 g/mol. The van der Waals surface area contributed by atoms with Crippen molar-refractivity contribution in [3.63, 3.8) is 0 Å². The molecule has 21 heavy (non-hydrogen) atoms. The minimum Gasteiger partial charge on any atom is -0.355 e. The Morgan fingerprint density at radius 1 is 1.33 bits per heavy atom. The van der Waals surface area contributed by atoms with Gasteiger partial charge in [0.2, 0.25) is 5.91 Å². The summed E-state index contributed by atoms with van der Waals surface area (Å²) in [6.07, 6.45) is 4.05. The second-order valence-corrected chi connectivity index (χ2v) is 6.42. The first kappa shape index (κ1) is 13.2. The lowest BCUT2D eigenvalue weighted by Crippen LogP contribution is -2.45. The van der Waals surface area contributed by atoms with Crippen LogP contribution >= 0.6 is 11.6 Å². The lowest BCUT2D eigenvalue weighted by molar-refractivity contribution is -0.128. The number of carbonyl (C=O) groups is 1. The average Bonchev–Trinajstić information content (AvgIpc) is 2.76. The number of fused-ring (bicyclic) bond motifs is 3. The molecule has 1 aromatic carbocycles. The first-order valence-electron chi connectivity index (χ1n) is 7.56. The van der Waals surface area contributed by atoms with Gasteiger partial charge in [0.15, 0.2) is 0 Å². The minimum absolute atomic E-state index is 0.118. The Balaban J connectivity index is 1.67. The molecule has 0 spiro atoms. The number of rotatable bonds is 2. The first-order chi connectivity index (χ1) is 10.2. The molecule has 1 unspecified atom stereocenters. The normalized spacial score (nSPS) is 21.9. The van der Waals surface area contributed by atoms with E-state index >= 15 is 0 Å². The van der Waals surface area contributed by atoms with Crippen LogP contribution in [-0.2, 0) is 11.2 Å². The smallest absolute Gasteiger partial charge is 0.224 e. The topological polar surface area (TPSA) is 56.9 Å². The van der Waals surface area contributed by atoms with Crippen LogP contribution in [0.5, 0.6) is 0 Å². The SMILES string of the molecule is O=C(NC1NCCc2c1[nH]c1ccc(Cl)cc21)C1CCC1. The Bertz CT molecular complexity index is 705. The molecular formula is C16H18ClN3O. The summed E-state index contributed by atoms with van der Waals surface area (Å²) in [5.74, 6) is 0.374. The Kier molecular flexibility index (Phi) is 3.16. The summed E-state index contributed by atoms with van der Waals surface area (Å²) < 4.78 is 0. The van der Waals surface area contributed by atoms with E-state index in [9.17, 15) is 4.79 Å². The van der Waals surface area contributed by atoms with Crippen molar-refractivity contribution in [1.82, 2.24) is 15.6 Å². The van der Waals surface area contributed by atoms with Gasteiger partial charge in [-0.1, -0.05) is 18.0 Å². The molecule has 1 amide bonds. The molecule has 1 aliphatic carbocycles. The van der Waals surface area contributed by atoms with Crippen LogP contribution in [0.25, 0.3) is 10.9 Å². The summed E-state index contributed by atoms with van der Waals surface area (Å²) in [4.78, 5) is 15.6. The zero-order valence-electron chi connectivity index (χ0n) is 11.7. The summed E-state index contributed by atoms with van der Waals surface area (Å²) in [5.41, 5.74) is 3.42.